The normalized spacial score (nSPS) is 17.8. The van der Waals surface area contributed by atoms with E-state index in [1.165, 1.54) is 48.1 Å². The summed E-state index contributed by atoms with van der Waals surface area (Å²) in [7, 11) is -1.97. The van der Waals surface area contributed by atoms with Gasteiger partial charge < -0.3 is 5.32 Å². The summed E-state index contributed by atoms with van der Waals surface area (Å²) in [6, 6.07) is 3.53. The number of hydrogen-bond donors (Lipinski definition) is 2. The lowest BCUT2D eigenvalue weighted by Crippen LogP contribution is -2.33. The molecule has 4 heterocycles. The van der Waals surface area contributed by atoms with E-state index in [4.69, 9.17) is 9.97 Å². The van der Waals surface area contributed by atoms with Gasteiger partial charge >= 0.3 is 0 Å². The van der Waals surface area contributed by atoms with Crippen LogP contribution >= 0.6 is 22.7 Å². The Morgan fingerprint density at radius 2 is 1.97 bits per heavy atom. The SMILES string of the molecule is CNS(=O)(=O)c1ccc(CNc2nc(CN3CCC(C)CC3)nc3sc4c(c23)CCC4)s1. The summed E-state index contributed by atoms with van der Waals surface area (Å²) < 4.78 is 26.8. The summed E-state index contributed by atoms with van der Waals surface area (Å²) in [6.45, 7) is 5.85. The molecule has 0 unspecified atom stereocenters. The molecule has 2 N–H and O–H groups in total. The zero-order chi connectivity index (χ0) is 22.3. The van der Waals surface area contributed by atoms with Gasteiger partial charge in [0, 0.05) is 9.75 Å². The van der Waals surface area contributed by atoms with Crippen molar-refractivity contribution in [3.63, 3.8) is 0 Å². The maximum Gasteiger partial charge on any atom is 0.249 e. The van der Waals surface area contributed by atoms with Crippen LogP contribution in [0.5, 0.6) is 0 Å². The minimum atomic E-state index is -3.41. The Kier molecular flexibility index (Phi) is 6.23. The van der Waals surface area contributed by atoms with Crippen molar-refractivity contribution in [2.45, 2.75) is 56.3 Å². The van der Waals surface area contributed by atoms with Crippen LogP contribution in [0.3, 0.4) is 0 Å². The molecule has 0 spiro atoms. The largest absolute Gasteiger partial charge is 0.365 e. The molecule has 1 saturated heterocycles. The molecule has 3 aromatic heterocycles. The van der Waals surface area contributed by atoms with Crippen LogP contribution in [0.4, 0.5) is 5.82 Å². The average Bonchev–Trinajstić information content (AvgIpc) is 3.50. The minimum Gasteiger partial charge on any atom is -0.365 e. The molecule has 0 bridgehead atoms. The van der Waals surface area contributed by atoms with Crippen molar-refractivity contribution in [1.29, 1.82) is 0 Å². The predicted octanol–water partition coefficient (Wildman–Crippen LogP) is 3.99. The summed E-state index contributed by atoms with van der Waals surface area (Å²) in [6.07, 6.45) is 5.87. The van der Waals surface area contributed by atoms with Gasteiger partial charge in [0.25, 0.3) is 0 Å². The lowest BCUT2D eigenvalue weighted by Gasteiger charge is -2.29. The van der Waals surface area contributed by atoms with Crippen molar-refractivity contribution in [2.24, 2.45) is 5.92 Å². The number of rotatable bonds is 7. The molecular formula is C22H29N5O2S3. The van der Waals surface area contributed by atoms with Gasteiger partial charge in [-0.2, -0.15) is 0 Å². The number of aryl methyl sites for hydroxylation is 2. The zero-order valence-corrected chi connectivity index (χ0v) is 20.9. The highest BCUT2D eigenvalue weighted by molar-refractivity contribution is 7.91. The molecule has 2 aliphatic rings. The van der Waals surface area contributed by atoms with Crippen molar-refractivity contribution in [2.75, 3.05) is 25.5 Å². The van der Waals surface area contributed by atoms with Crippen LogP contribution in [-0.2, 0) is 36.0 Å². The highest BCUT2D eigenvalue weighted by Gasteiger charge is 2.24. The highest BCUT2D eigenvalue weighted by atomic mass is 32.2. The van der Waals surface area contributed by atoms with E-state index >= 15 is 0 Å². The fourth-order valence-electron chi connectivity index (χ4n) is 4.53. The number of anilines is 1. The van der Waals surface area contributed by atoms with Gasteiger partial charge in [-0.15, -0.1) is 22.7 Å². The molecule has 5 rings (SSSR count). The van der Waals surface area contributed by atoms with E-state index in [0.29, 0.717) is 10.8 Å². The van der Waals surface area contributed by atoms with E-state index < -0.39 is 10.0 Å². The van der Waals surface area contributed by atoms with Gasteiger partial charge in [-0.3, -0.25) is 4.90 Å². The van der Waals surface area contributed by atoms with Gasteiger partial charge in [-0.25, -0.2) is 23.1 Å². The van der Waals surface area contributed by atoms with Gasteiger partial charge in [0.05, 0.1) is 18.5 Å². The third kappa shape index (κ3) is 4.43. The molecule has 1 aliphatic carbocycles. The van der Waals surface area contributed by atoms with Gasteiger partial charge in [-0.1, -0.05) is 6.92 Å². The van der Waals surface area contributed by atoms with Crippen LogP contribution in [0.15, 0.2) is 16.3 Å². The van der Waals surface area contributed by atoms with E-state index in [9.17, 15) is 8.42 Å². The second-order valence-corrected chi connectivity index (χ2v) is 13.1. The molecule has 7 nitrogen and oxygen atoms in total. The summed E-state index contributed by atoms with van der Waals surface area (Å²) in [5, 5.41) is 4.68. The number of aromatic nitrogens is 2. The third-order valence-corrected chi connectivity index (χ3v) is 10.6. The van der Waals surface area contributed by atoms with Crippen LogP contribution in [0, 0.1) is 5.92 Å². The lowest BCUT2D eigenvalue weighted by molar-refractivity contribution is 0.181. The van der Waals surface area contributed by atoms with Crippen molar-refractivity contribution < 1.29 is 8.42 Å². The Hall–Kier alpha value is -1.59. The second-order valence-electron chi connectivity index (χ2n) is 8.77. The van der Waals surface area contributed by atoms with Crippen LogP contribution < -0.4 is 10.0 Å². The van der Waals surface area contributed by atoms with Crippen molar-refractivity contribution in [3.8, 4) is 0 Å². The molecular weight excluding hydrogens is 462 g/mol. The van der Waals surface area contributed by atoms with Gasteiger partial charge in [0.2, 0.25) is 10.0 Å². The van der Waals surface area contributed by atoms with Crippen LogP contribution in [0.25, 0.3) is 10.2 Å². The number of piperidine rings is 1. The van der Waals surface area contributed by atoms with Gasteiger partial charge in [0.1, 0.15) is 20.7 Å². The molecule has 1 aliphatic heterocycles. The first-order chi connectivity index (χ1) is 15.4. The first kappa shape index (κ1) is 22.2. The van der Waals surface area contributed by atoms with Crippen molar-refractivity contribution in [3.05, 3.63) is 33.3 Å². The summed E-state index contributed by atoms with van der Waals surface area (Å²) in [5.41, 5.74) is 1.40. The number of nitrogens with one attached hydrogen (secondary N) is 2. The molecule has 0 radical (unpaired) electrons. The zero-order valence-electron chi connectivity index (χ0n) is 18.5. The Labute approximate surface area is 197 Å². The quantitative estimate of drug-likeness (QED) is 0.520. The minimum absolute atomic E-state index is 0.334. The number of fused-ring (bicyclic) bond motifs is 3. The monoisotopic (exact) mass is 491 g/mol. The molecule has 1 fully saturated rings. The molecule has 10 heteroatoms. The fraction of sp³-hybridized carbons (Fsp3) is 0.545. The third-order valence-electron chi connectivity index (χ3n) is 6.45. The number of nitrogens with zero attached hydrogens (tertiary/aromatic N) is 3. The molecule has 0 amide bonds. The summed E-state index contributed by atoms with van der Waals surface area (Å²) in [5.74, 6) is 2.56. The first-order valence-corrected chi connectivity index (χ1v) is 14.3. The number of sulfonamides is 1. The smallest absolute Gasteiger partial charge is 0.249 e. The first-order valence-electron chi connectivity index (χ1n) is 11.2. The Bertz CT molecular complexity index is 1230. The molecule has 0 atom stereocenters. The van der Waals surface area contributed by atoms with Crippen LogP contribution in [0.2, 0.25) is 0 Å². The van der Waals surface area contributed by atoms with Gasteiger partial charge in [0.15, 0.2) is 0 Å². The Morgan fingerprint density at radius 1 is 1.16 bits per heavy atom. The molecule has 172 valence electrons. The highest BCUT2D eigenvalue weighted by Crippen LogP contribution is 2.40. The van der Waals surface area contributed by atoms with Crippen LogP contribution in [-0.4, -0.2) is 43.4 Å². The molecule has 0 aromatic carbocycles. The van der Waals surface area contributed by atoms with E-state index in [-0.39, 0.29) is 0 Å². The Balaban J connectivity index is 1.41. The average molecular weight is 492 g/mol. The molecule has 3 aromatic rings. The standard InChI is InChI=1S/C22H29N5O2S3/c1-14-8-10-27(11-9-14)13-18-25-21(20-16-4-3-5-17(16)31-22(20)26-18)24-12-15-6-7-19(30-15)32(28,29)23-2/h6-7,14,23H,3-5,8-13H2,1-2H3,(H,24,25,26). The predicted molar refractivity (Wildman–Crippen MR) is 131 cm³/mol. The lowest BCUT2D eigenvalue weighted by atomic mass is 9.99. The van der Waals surface area contributed by atoms with Gasteiger partial charge in [-0.05, 0) is 75.9 Å². The summed E-state index contributed by atoms with van der Waals surface area (Å²) in [4.78, 5) is 15.9. The number of hydrogen-bond acceptors (Lipinski definition) is 8. The van der Waals surface area contributed by atoms with E-state index in [2.05, 4.69) is 21.9 Å². The summed E-state index contributed by atoms with van der Waals surface area (Å²) >= 11 is 3.10. The maximum absolute atomic E-state index is 12.1. The molecule has 0 saturated carbocycles. The second kappa shape index (κ2) is 8.98. The maximum atomic E-state index is 12.1. The molecule has 32 heavy (non-hydrogen) atoms. The topological polar surface area (TPSA) is 87.2 Å². The fourth-order valence-corrected chi connectivity index (χ4v) is 7.94. The number of thiophene rings is 2. The van der Waals surface area contributed by atoms with Crippen LogP contribution in [0.1, 0.15) is 47.3 Å². The van der Waals surface area contributed by atoms with E-state index in [1.807, 2.05) is 17.4 Å². The van der Waals surface area contributed by atoms with E-state index in [0.717, 1.165) is 65.1 Å². The van der Waals surface area contributed by atoms with E-state index in [1.54, 1.807) is 6.07 Å². The van der Waals surface area contributed by atoms with Crippen molar-refractivity contribution >= 4 is 48.7 Å². The number of likely N-dealkylation sites (tertiary alicyclic amines) is 1. The van der Waals surface area contributed by atoms with Crippen molar-refractivity contribution in [1.82, 2.24) is 19.6 Å². The Morgan fingerprint density at radius 3 is 2.75 bits per heavy atom.